The number of nitrogens with zero attached hydrogens (tertiary/aromatic N) is 3. The van der Waals surface area contributed by atoms with Gasteiger partial charge in [0.1, 0.15) is 5.75 Å². The number of aliphatic imine (C=N–C) groups is 1. The van der Waals surface area contributed by atoms with Gasteiger partial charge in [0.05, 0.1) is 17.7 Å². The maximum absolute atomic E-state index is 12.2. The molecule has 0 amide bonds. The van der Waals surface area contributed by atoms with Gasteiger partial charge in [0.15, 0.2) is 5.96 Å². The molecule has 0 aliphatic rings. The van der Waals surface area contributed by atoms with Gasteiger partial charge in [-0.3, -0.25) is 0 Å². The summed E-state index contributed by atoms with van der Waals surface area (Å²) in [6.07, 6.45) is 0. The maximum Gasteiger partial charge on any atom is 0.387 e. The molecule has 2 aromatic rings. The smallest absolute Gasteiger partial charge is 0.387 e. The molecule has 0 radical (unpaired) electrons. The largest absolute Gasteiger partial charge is 0.435 e. The molecule has 0 bridgehead atoms. The molecule has 0 aliphatic carbocycles. The Labute approximate surface area is 150 Å². The van der Waals surface area contributed by atoms with E-state index < -0.39 is 6.61 Å². The molecule has 2 rings (SSSR count). The lowest BCUT2D eigenvalue weighted by molar-refractivity contribution is -0.0498. The fourth-order valence-corrected chi connectivity index (χ4v) is 2.92. The first-order valence-electron chi connectivity index (χ1n) is 7.91. The Hall–Kier alpha value is -2.22. The van der Waals surface area contributed by atoms with E-state index in [2.05, 4.69) is 20.0 Å². The van der Waals surface area contributed by atoms with Crippen molar-refractivity contribution in [1.29, 1.82) is 0 Å². The van der Waals surface area contributed by atoms with Crippen LogP contribution in [0.3, 0.4) is 0 Å². The maximum atomic E-state index is 12.2. The Morgan fingerprint density at radius 3 is 2.64 bits per heavy atom. The minimum absolute atomic E-state index is 0.155. The third-order valence-corrected chi connectivity index (χ3v) is 4.40. The summed E-state index contributed by atoms with van der Waals surface area (Å²) in [4.78, 5) is 12.0. The van der Waals surface area contributed by atoms with Crippen LogP contribution in [-0.4, -0.2) is 36.0 Å². The molecule has 0 aliphatic heterocycles. The van der Waals surface area contributed by atoms with Crippen LogP contribution in [-0.2, 0) is 13.1 Å². The molecule has 0 fully saturated rings. The van der Waals surface area contributed by atoms with Crippen LogP contribution in [0.5, 0.6) is 5.75 Å². The molecular weight excluding hydrogens is 346 g/mol. The van der Waals surface area contributed by atoms with E-state index in [-0.39, 0.29) is 5.75 Å². The zero-order valence-electron chi connectivity index (χ0n) is 14.5. The predicted octanol–water partition coefficient (Wildman–Crippen LogP) is 3.65. The van der Waals surface area contributed by atoms with Gasteiger partial charge in [-0.1, -0.05) is 12.1 Å². The number of ether oxygens (including phenoxy) is 1. The third kappa shape index (κ3) is 5.97. The molecule has 0 spiro atoms. The standard InChI is InChI=1S/C17H22F2N4OS/c1-4-20-17(21-9-15-12(2)22-11-25-15)23(3)10-13-5-7-14(8-6-13)24-16(18)19/h5-8,11,16H,4,9-10H2,1-3H3,(H,20,21). The van der Waals surface area contributed by atoms with Crippen LogP contribution in [0.1, 0.15) is 23.1 Å². The molecule has 1 N–H and O–H groups in total. The van der Waals surface area contributed by atoms with E-state index in [0.717, 1.165) is 28.6 Å². The molecule has 8 heteroatoms. The normalized spacial score (nSPS) is 11.7. The highest BCUT2D eigenvalue weighted by atomic mass is 32.1. The quantitative estimate of drug-likeness (QED) is 0.599. The van der Waals surface area contributed by atoms with Gasteiger partial charge < -0.3 is 15.0 Å². The van der Waals surface area contributed by atoms with Crippen molar-refractivity contribution in [1.82, 2.24) is 15.2 Å². The van der Waals surface area contributed by atoms with Crippen molar-refractivity contribution in [3.63, 3.8) is 0 Å². The zero-order chi connectivity index (χ0) is 18.2. The van der Waals surface area contributed by atoms with Crippen LogP contribution >= 0.6 is 11.3 Å². The van der Waals surface area contributed by atoms with Crippen LogP contribution < -0.4 is 10.1 Å². The molecule has 0 unspecified atom stereocenters. The first-order valence-corrected chi connectivity index (χ1v) is 8.79. The summed E-state index contributed by atoms with van der Waals surface area (Å²) in [5.74, 6) is 0.936. The van der Waals surface area contributed by atoms with Gasteiger partial charge in [-0.15, -0.1) is 11.3 Å². The summed E-state index contributed by atoms with van der Waals surface area (Å²) in [6.45, 7) is 3.11. The fraction of sp³-hybridized carbons (Fsp3) is 0.412. The van der Waals surface area contributed by atoms with E-state index in [0.29, 0.717) is 13.1 Å². The summed E-state index contributed by atoms with van der Waals surface area (Å²) >= 11 is 1.59. The molecular formula is C17H22F2N4OS. The number of aryl methyl sites for hydroxylation is 1. The first kappa shape index (κ1) is 19.1. The van der Waals surface area contributed by atoms with E-state index in [1.54, 1.807) is 35.6 Å². The summed E-state index contributed by atoms with van der Waals surface area (Å²) in [5, 5.41) is 3.26. The molecule has 1 aromatic carbocycles. The summed E-state index contributed by atoms with van der Waals surface area (Å²) in [7, 11) is 1.94. The zero-order valence-corrected chi connectivity index (χ0v) is 15.3. The Kier molecular flexibility index (Phi) is 7.12. The SMILES string of the molecule is CCNC(=NCc1scnc1C)N(C)Cc1ccc(OC(F)F)cc1. The number of rotatable bonds is 7. The minimum atomic E-state index is -2.81. The molecule has 1 aromatic heterocycles. The Bertz CT molecular complexity index is 688. The first-order chi connectivity index (χ1) is 12.0. The van der Waals surface area contributed by atoms with Crippen LogP contribution in [0.2, 0.25) is 0 Å². The predicted molar refractivity (Wildman–Crippen MR) is 96.2 cm³/mol. The van der Waals surface area contributed by atoms with Crippen molar-refractivity contribution < 1.29 is 13.5 Å². The van der Waals surface area contributed by atoms with Crippen LogP contribution in [0.15, 0.2) is 34.8 Å². The lowest BCUT2D eigenvalue weighted by Gasteiger charge is -2.22. The topological polar surface area (TPSA) is 49.8 Å². The lowest BCUT2D eigenvalue weighted by Crippen LogP contribution is -2.38. The second kappa shape index (κ2) is 9.31. The highest BCUT2D eigenvalue weighted by Gasteiger charge is 2.09. The van der Waals surface area contributed by atoms with Gasteiger partial charge in [0.25, 0.3) is 0 Å². The van der Waals surface area contributed by atoms with Gasteiger partial charge in [0, 0.05) is 25.0 Å². The number of benzene rings is 1. The van der Waals surface area contributed by atoms with Crippen molar-refractivity contribution >= 4 is 17.3 Å². The lowest BCUT2D eigenvalue weighted by atomic mass is 10.2. The van der Waals surface area contributed by atoms with E-state index in [4.69, 9.17) is 0 Å². The molecule has 0 saturated carbocycles. The van der Waals surface area contributed by atoms with Crippen molar-refractivity contribution in [2.45, 2.75) is 33.5 Å². The molecule has 136 valence electrons. The second-order valence-electron chi connectivity index (χ2n) is 5.41. The van der Waals surface area contributed by atoms with Crippen LogP contribution in [0.4, 0.5) is 8.78 Å². The number of aromatic nitrogens is 1. The molecule has 0 saturated heterocycles. The second-order valence-corrected chi connectivity index (χ2v) is 6.35. The van der Waals surface area contributed by atoms with E-state index in [1.165, 1.54) is 0 Å². The van der Waals surface area contributed by atoms with Gasteiger partial charge in [-0.25, -0.2) is 9.98 Å². The highest BCUT2D eigenvalue weighted by Crippen LogP contribution is 2.16. The van der Waals surface area contributed by atoms with Crippen molar-refractivity contribution in [3.05, 3.63) is 45.9 Å². The molecule has 25 heavy (non-hydrogen) atoms. The third-order valence-electron chi connectivity index (χ3n) is 3.48. The average molecular weight is 368 g/mol. The van der Waals surface area contributed by atoms with Gasteiger partial charge in [-0.05, 0) is 31.5 Å². The Morgan fingerprint density at radius 1 is 1.36 bits per heavy atom. The molecule has 1 heterocycles. The minimum Gasteiger partial charge on any atom is -0.435 e. The monoisotopic (exact) mass is 368 g/mol. The fourth-order valence-electron chi connectivity index (χ4n) is 2.22. The summed E-state index contributed by atoms with van der Waals surface area (Å²) in [5.41, 5.74) is 3.80. The average Bonchev–Trinajstić information content (AvgIpc) is 2.98. The Balaban J connectivity index is 2.01. The van der Waals surface area contributed by atoms with E-state index in [9.17, 15) is 8.78 Å². The number of hydrogen-bond acceptors (Lipinski definition) is 4. The highest BCUT2D eigenvalue weighted by molar-refractivity contribution is 7.09. The van der Waals surface area contributed by atoms with Crippen LogP contribution in [0, 0.1) is 6.92 Å². The van der Waals surface area contributed by atoms with Crippen molar-refractivity contribution in [2.24, 2.45) is 4.99 Å². The molecule has 5 nitrogen and oxygen atoms in total. The van der Waals surface area contributed by atoms with Crippen molar-refractivity contribution in [3.8, 4) is 5.75 Å². The Morgan fingerprint density at radius 2 is 2.08 bits per heavy atom. The van der Waals surface area contributed by atoms with Gasteiger partial charge >= 0.3 is 6.61 Å². The number of thiazole rings is 1. The number of nitrogens with one attached hydrogen (secondary N) is 1. The summed E-state index contributed by atoms with van der Waals surface area (Å²) < 4.78 is 28.8. The molecule has 0 atom stereocenters. The number of alkyl halides is 2. The number of guanidine groups is 1. The van der Waals surface area contributed by atoms with Gasteiger partial charge in [0.2, 0.25) is 0 Å². The number of hydrogen-bond donors (Lipinski definition) is 1. The number of halogens is 2. The van der Waals surface area contributed by atoms with E-state index in [1.807, 2.05) is 31.3 Å². The van der Waals surface area contributed by atoms with Gasteiger partial charge in [-0.2, -0.15) is 8.78 Å². The summed E-state index contributed by atoms with van der Waals surface area (Å²) in [6, 6.07) is 6.62. The van der Waals surface area contributed by atoms with E-state index >= 15 is 0 Å². The van der Waals surface area contributed by atoms with Crippen LogP contribution in [0.25, 0.3) is 0 Å². The van der Waals surface area contributed by atoms with Crippen molar-refractivity contribution in [2.75, 3.05) is 13.6 Å².